The number of hydrogen-bond donors (Lipinski definition) is 1. The Hall–Kier alpha value is -3.06. The van der Waals surface area contributed by atoms with Crippen molar-refractivity contribution >= 4 is 46.3 Å². The van der Waals surface area contributed by atoms with Crippen LogP contribution in [0, 0.1) is 6.92 Å². The van der Waals surface area contributed by atoms with E-state index in [1.54, 1.807) is 12.1 Å². The number of amides is 3. The van der Waals surface area contributed by atoms with Crippen molar-refractivity contribution in [3.05, 3.63) is 64.6 Å². The Labute approximate surface area is 168 Å². The third-order valence-corrected chi connectivity index (χ3v) is 5.09. The van der Waals surface area contributed by atoms with Crippen molar-refractivity contribution in [2.45, 2.75) is 6.92 Å². The topological polar surface area (TPSA) is 69.7 Å². The highest BCUT2D eigenvalue weighted by atomic mass is 32.2. The predicted octanol–water partition coefficient (Wildman–Crippen LogP) is 3.74. The largest absolute Gasteiger partial charge is 0.378 e. The molecule has 3 rings (SSSR count). The van der Waals surface area contributed by atoms with Gasteiger partial charge in [0.15, 0.2) is 0 Å². The molecule has 0 bridgehead atoms. The van der Waals surface area contributed by atoms with E-state index in [2.05, 4.69) is 5.32 Å². The maximum atomic E-state index is 12.6. The fraction of sp³-hybridized carbons (Fsp3) is 0.190. The van der Waals surface area contributed by atoms with Crippen LogP contribution in [0.3, 0.4) is 0 Å². The SMILES string of the molecule is Cc1cccc(NC(=O)CN2C(=O)SC(=Cc3ccc(N(C)C)cc3)C2=O)c1. The highest BCUT2D eigenvalue weighted by molar-refractivity contribution is 8.18. The number of hydrogen-bond acceptors (Lipinski definition) is 5. The number of carbonyl (C=O) groups excluding carboxylic acids is 3. The zero-order valence-corrected chi connectivity index (χ0v) is 16.7. The Morgan fingerprint density at radius 2 is 1.86 bits per heavy atom. The molecular weight excluding hydrogens is 374 g/mol. The second kappa shape index (κ2) is 8.31. The first-order valence-electron chi connectivity index (χ1n) is 8.73. The zero-order valence-electron chi connectivity index (χ0n) is 15.9. The van der Waals surface area contributed by atoms with E-state index in [-0.39, 0.29) is 6.54 Å². The molecule has 1 N–H and O–H groups in total. The number of aryl methyl sites for hydroxylation is 1. The van der Waals surface area contributed by atoms with Gasteiger partial charge in [-0.2, -0.15) is 0 Å². The standard InChI is InChI=1S/C21H21N3O3S/c1-14-5-4-6-16(11-14)22-19(25)13-24-20(26)18(28-21(24)27)12-15-7-9-17(10-8-15)23(2)3/h4-12H,13H2,1-3H3,(H,22,25). The van der Waals surface area contributed by atoms with Gasteiger partial charge in [-0.3, -0.25) is 19.3 Å². The van der Waals surface area contributed by atoms with E-state index in [0.29, 0.717) is 10.6 Å². The molecule has 0 saturated carbocycles. The van der Waals surface area contributed by atoms with Crippen molar-refractivity contribution in [1.29, 1.82) is 0 Å². The maximum Gasteiger partial charge on any atom is 0.294 e. The normalized spacial score (nSPS) is 15.2. The second-order valence-electron chi connectivity index (χ2n) is 6.67. The summed E-state index contributed by atoms with van der Waals surface area (Å²) in [6, 6.07) is 15.0. The van der Waals surface area contributed by atoms with Gasteiger partial charge in [0, 0.05) is 25.5 Å². The fourth-order valence-corrected chi connectivity index (χ4v) is 3.56. The fourth-order valence-electron chi connectivity index (χ4n) is 2.72. The van der Waals surface area contributed by atoms with Gasteiger partial charge in [0.2, 0.25) is 5.91 Å². The minimum absolute atomic E-state index is 0.310. The third kappa shape index (κ3) is 4.61. The first-order chi connectivity index (χ1) is 13.3. The summed E-state index contributed by atoms with van der Waals surface area (Å²) in [5.74, 6) is -0.865. The molecule has 1 heterocycles. The molecule has 0 unspecified atom stereocenters. The Morgan fingerprint density at radius 1 is 1.14 bits per heavy atom. The summed E-state index contributed by atoms with van der Waals surface area (Å²) >= 11 is 0.846. The average molecular weight is 395 g/mol. The number of nitrogens with zero attached hydrogens (tertiary/aromatic N) is 2. The number of thioether (sulfide) groups is 1. The van der Waals surface area contributed by atoms with Crippen LogP contribution in [0.1, 0.15) is 11.1 Å². The predicted molar refractivity (Wildman–Crippen MR) is 113 cm³/mol. The molecule has 0 radical (unpaired) electrons. The third-order valence-electron chi connectivity index (χ3n) is 4.18. The highest BCUT2D eigenvalue weighted by Gasteiger charge is 2.36. The van der Waals surface area contributed by atoms with Gasteiger partial charge in [0.1, 0.15) is 6.54 Å². The van der Waals surface area contributed by atoms with E-state index in [0.717, 1.165) is 33.5 Å². The van der Waals surface area contributed by atoms with Crippen molar-refractivity contribution < 1.29 is 14.4 Å². The summed E-state index contributed by atoms with van der Waals surface area (Å²) in [6.07, 6.45) is 1.67. The van der Waals surface area contributed by atoms with Crippen molar-refractivity contribution in [2.24, 2.45) is 0 Å². The molecule has 1 saturated heterocycles. The van der Waals surface area contributed by atoms with Gasteiger partial charge in [-0.25, -0.2) is 0 Å². The van der Waals surface area contributed by atoms with E-state index in [9.17, 15) is 14.4 Å². The Balaban J connectivity index is 1.68. The summed E-state index contributed by atoms with van der Waals surface area (Å²) < 4.78 is 0. The van der Waals surface area contributed by atoms with E-state index < -0.39 is 17.1 Å². The number of benzene rings is 2. The van der Waals surface area contributed by atoms with Crippen LogP contribution in [0.5, 0.6) is 0 Å². The molecule has 1 aliphatic rings. The van der Waals surface area contributed by atoms with Gasteiger partial charge < -0.3 is 10.2 Å². The van der Waals surface area contributed by atoms with Gasteiger partial charge in [-0.05, 0) is 60.2 Å². The maximum absolute atomic E-state index is 12.6. The molecule has 28 heavy (non-hydrogen) atoms. The van der Waals surface area contributed by atoms with Gasteiger partial charge in [0.05, 0.1) is 4.91 Å². The van der Waals surface area contributed by atoms with E-state index in [4.69, 9.17) is 0 Å². The highest BCUT2D eigenvalue weighted by Crippen LogP contribution is 2.32. The monoisotopic (exact) mass is 395 g/mol. The molecule has 2 aromatic rings. The van der Waals surface area contributed by atoms with Crippen molar-refractivity contribution in [3.8, 4) is 0 Å². The number of rotatable bonds is 5. The minimum Gasteiger partial charge on any atom is -0.378 e. The summed E-state index contributed by atoms with van der Waals surface area (Å²) in [4.78, 5) is 40.3. The molecule has 1 aliphatic heterocycles. The van der Waals surface area contributed by atoms with Crippen LogP contribution >= 0.6 is 11.8 Å². The number of imide groups is 1. The van der Waals surface area contributed by atoms with Gasteiger partial charge >= 0.3 is 0 Å². The first-order valence-corrected chi connectivity index (χ1v) is 9.54. The van der Waals surface area contributed by atoms with Crippen LogP contribution < -0.4 is 10.2 Å². The summed E-state index contributed by atoms with van der Waals surface area (Å²) in [5, 5.41) is 2.27. The molecule has 0 atom stereocenters. The van der Waals surface area contributed by atoms with Crippen molar-refractivity contribution in [2.75, 3.05) is 30.9 Å². The molecule has 0 aromatic heterocycles. The molecule has 144 valence electrons. The summed E-state index contributed by atoms with van der Waals surface area (Å²) in [7, 11) is 3.89. The Kier molecular flexibility index (Phi) is 5.84. The molecule has 1 fully saturated rings. The molecular formula is C21H21N3O3S. The summed E-state index contributed by atoms with van der Waals surface area (Å²) in [6.45, 7) is 1.61. The van der Waals surface area contributed by atoms with Gasteiger partial charge in [-0.15, -0.1) is 0 Å². The van der Waals surface area contributed by atoms with Gasteiger partial charge in [-0.1, -0.05) is 24.3 Å². The number of nitrogens with one attached hydrogen (secondary N) is 1. The molecule has 0 aliphatic carbocycles. The molecule has 3 amide bonds. The first kappa shape index (κ1) is 19.7. The zero-order chi connectivity index (χ0) is 20.3. The van der Waals surface area contributed by atoms with Gasteiger partial charge in [0.25, 0.3) is 11.1 Å². The number of carbonyl (C=O) groups is 3. The van der Waals surface area contributed by atoms with Crippen molar-refractivity contribution in [1.82, 2.24) is 4.90 Å². The van der Waals surface area contributed by atoms with Crippen LogP contribution in [-0.4, -0.2) is 42.6 Å². The Bertz CT molecular complexity index is 952. The van der Waals surface area contributed by atoms with Crippen LogP contribution in [0.4, 0.5) is 16.2 Å². The number of anilines is 2. The lowest BCUT2D eigenvalue weighted by atomic mass is 10.2. The van der Waals surface area contributed by atoms with E-state index >= 15 is 0 Å². The minimum atomic E-state index is -0.453. The average Bonchev–Trinajstić information content (AvgIpc) is 2.89. The molecule has 7 heteroatoms. The quantitative estimate of drug-likeness (QED) is 0.781. The van der Waals surface area contributed by atoms with Crippen molar-refractivity contribution in [3.63, 3.8) is 0 Å². The molecule has 2 aromatic carbocycles. The lowest BCUT2D eigenvalue weighted by molar-refractivity contribution is -0.127. The molecule has 6 nitrogen and oxygen atoms in total. The second-order valence-corrected chi connectivity index (χ2v) is 7.66. The summed E-state index contributed by atoms with van der Waals surface area (Å²) in [5.41, 5.74) is 3.50. The van der Waals surface area contributed by atoms with Crippen LogP contribution in [0.15, 0.2) is 53.4 Å². The van der Waals surface area contributed by atoms with E-state index in [1.807, 2.05) is 68.4 Å². The lowest BCUT2D eigenvalue weighted by Gasteiger charge is -2.13. The Morgan fingerprint density at radius 3 is 2.50 bits per heavy atom. The molecule has 0 spiro atoms. The van der Waals surface area contributed by atoms with E-state index in [1.165, 1.54) is 0 Å². The van der Waals surface area contributed by atoms with Crippen LogP contribution in [-0.2, 0) is 9.59 Å². The van der Waals surface area contributed by atoms with Crippen LogP contribution in [0.2, 0.25) is 0 Å². The lowest BCUT2D eigenvalue weighted by Crippen LogP contribution is -2.36. The smallest absolute Gasteiger partial charge is 0.294 e. The van der Waals surface area contributed by atoms with Crippen LogP contribution in [0.25, 0.3) is 6.08 Å².